The van der Waals surface area contributed by atoms with Gasteiger partial charge in [-0.25, -0.2) is 0 Å². The lowest BCUT2D eigenvalue weighted by Crippen LogP contribution is -2.38. The van der Waals surface area contributed by atoms with E-state index >= 15 is 0 Å². The topological polar surface area (TPSA) is 88.1 Å². The highest BCUT2D eigenvalue weighted by Gasteiger charge is 2.19. The molecule has 0 aromatic heterocycles. The Morgan fingerprint density at radius 2 is 1.30 bits per heavy atom. The molecule has 0 unspecified atom stereocenters. The summed E-state index contributed by atoms with van der Waals surface area (Å²) in [5.41, 5.74) is 0.00165. The van der Waals surface area contributed by atoms with Crippen LogP contribution in [0.1, 0.15) is 20.7 Å². The Labute approximate surface area is 134 Å². The molecule has 0 N–H and O–H groups in total. The summed E-state index contributed by atoms with van der Waals surface area (Å²) < 4.78 is 16.1. The fraction of sp³-hybridized carbons (Fsp3) is 0.500. The number of hydrogen-bond acceptors (Lipinski definition) is 6. The monoisotopic (exact) mass is 322 g/mol. The van der Waals surface area contributed by atoms with Crippen LogP contribution in [0.15, 0.2) is 24.3 Å². The molecule has 1 fully saturated rings. The van der Waals surface area contributed by atoms with Gasteiger partial charge >= 0.3 is 0 Å². The van der Waals surface area contributed by atoms with Gasteiger partial charge < -0.3 is 29.0 Å². The SMILES string of the molecule is O=C([O-])c1ccccc1C(=O)N1CCOCCOCCOCC1. The first-order valence-corrected chi connectivity index (χ1v) is 7.53. The number of rotatable bonds is 2. The summed E-state index contributed by atoms with van der Waals surface area (Å²) in [5, 5.41) is 11.2. The Kier molecular flexibility index (Phi) is 6.99. The standard InChI is InChI=1S/C16H21NO6/c18-15(13-3-1-2-4-14(13)16(19)20)17-5-7-21-9-11-23-12-10-22-8-6-17/h1-4H,5-12H2,(H,19,20)/p-1. The second-order valence-corrected chi connectivity index (χ2v) is 4.96. The Hall–Kier alpha value is -1.96. The van der Waals surface area contributed by atoms with Gasteiger partial charge in [0, 0.05) is 24.2 Å². The van der Waals surface area contributed by atoms with Crippen LogP contribution < -0.4 is 5.11 Å². The van der Waals surface area contributed by atoms with E-state index in [0.29, 0.717) is 52.7 Å². The number of ether oxygens (including phenoxy) is 3. The van der Waals surface area contributed by atoms with Gasteiger partial charge in [0.2, 0.25) is 0 Å². The van der Waals surface area contributed by atoms with E-state index in [1.165, 1.54) is 17.0 Å². The van der Waals surface area contributed by atoms with Gasteiger partial charge in [-0.2, -0.15) is 0 Å². The summed E-state index contributed by atoms with van der Waals surface area (Å²) in [4.78, 5) is 25.3. The van der Waals surface area contributed by atoms with Crippen LogP contribution >= 0.6 is 0 Å². The number of carbonyl (C=O) groups excluding carboxylic acids is 2. The normalized spacial score (nSPS) is 17.8. The molecule has 2 rings (SSSR count). The van der Waals surface area contributed by atoms with Gasteiger partial charge in [-0.3, -0.25) is 4.79 Å². The molecule has 0 saturated carbocycles. The van der Waals surface area contributed by atoms with Crippen molar-refractivity contribution >= 4 is 11.9 Å². The number of carboxylic acids is 1. The van der Waals surface area contributed by atoms with Gasteiger partial charge in [-0.1, -0.05) is 18.2 Å². The van der Waals surface area contributed by atoms with Crippen LogP contribution in [0.5, 0.6) is 0 Å². The van der Waals surface area contributed by atoms with Gasteiger partial charge in [0.1, 0.15) is 0 Å². The molecule has 0 atom stereocenters. The minimum Gasteiger partial charge on any atom is -0.545 e. The molecule has 126 valence electrons. The first kappa shape index (κ1) is 17.4. The van der Waals surface area contributed by atoms with Gasteiger partial charge in [0.15, 0.2) is 0 Å². The van der Waals surface area contributed by atoms with E-state index in [0.717, 1.165) is 0 Å². The van der Waals surface area contributed by atoms with Gasteiger partial charge in [-0.05, 0) is 6.07 Å². The highest BCUT2D eigenvalue weighted by atomic mass is 16.5. The molecule has 1 aliphatic heterocycles. The van der Waals surface area contributed by atoms with Crippen LogP contribution in [0, 0.1) is 0 Å². The van der Waals surface area contributed by atoms with Crippen molar-refractivity contribution in [3.63, 3.8) is 0 Å². The Balaban J connectivity index is 2.09. The van der Waals surface area contributed by atoms with Crippen molar-refractivity contribution in [2.24, 2.45) is 0 Å². The maximum Gasteiger partial charge on any atom is 0.254 e. The van der Waals surface area contributed by atoms with Crippen molar-refractivity contribution in [2.75, 3.05) is 52.7 Å². The zero-order valence-corrected chi connectivity index (χ0v) is 12.9. The molecule has 7 heteroatoms. The number of nitrogens with zero attached hydrogens (tertiary/aromatic N) is 1. The lowest BCUT2D eigenvalue weighted by atomic mass is 10.1. The van der Waals surface area contributed by atoms with Crippen LogP contribution in [-0.2, 0) is 14.2 Å². The molecule has 23 heavy (non-hydrogen) atoms. The molecule has 0 aliphatic carbocycles. The fourth-order valence-corrected chi connectivity index (χ4v) is 2.22. The summed E-state index contributed by atoms with van der Waals surface area (Å²) in [6.45, 7) is 3.24. The maximum atomic E-state index is 12.6. The minimum absolute atomic E-state index is 0.112. The van der Waals surface area contributed by atoms with E-state index in [2.05, 4.69) is 0 Å². The quantitative estimate of drug-likeness (QED) is 0.733. The van der Waals surface area contributed by atoms with E-state index in [4.69, 9.17) is 14.2 Å². The molecule has 1 saturated heterocycles. The number of carbonyl (C=O) groups is 2. The summed E-state index contributed by atoms with van der Waals surface area (Å²) in [6, 6.07) is 6.04. The lowest BCUT2D eigenvalue weighted by Gasteiger charge is -2.24. The Morgan fingerprint density at radius 1 is 0.826 bits per heavy atom. The molecule has 0 spiro atoms. The van der Waals surface area contributed by atoms with Crippen LogP contribution in [0.2, 0.25) is 0 Å². The summed E-state index contributed by atoms with van der Waals surface area (Å²) in [6.07, 6.45) is 0. The maximum absolute atomic E-state index is 12.6. The number of benzene rings is 1. The predicted molar refractivity (Wildman–Crippen MR) is 79.1 cm³/mol. The number of amides is 1. The van der Waals surface area contributed by atoms with Crippen molar-refractivity contribution in [1.29, 1.82) is 0 Å². The molecular weight excluding hydrogens is 302 g/mol. The van der Waals surface area contributed by atoms with Crippen molar-refractivity contribution in [3.8, 4) is 0 Å². The predicted octanol–water partition coefficient (Wildman–Crippen LogP) is -0.444. The Bertz CT molecular complexity index is 521. The Morgan fingerprint density at radius 3 is 1.83 bits per heavy atom. The van der Waals surface area contributed by atoms with E-state index in [1.54, 1.807) is 12.1 Å². The van der Waals surface area contributed by atoms with E-state index < -0.39 is 5.97 Å². The highest BCUT2D eigenvalue weighted by molar-refractivity contribution is 6.04. The first-order chi connectivity index (χ1) is 11.2. The molecule has 1 amide bonds. The second kappa shape index (κ2) is 9.24. The molecular formula is C16H20NO6-. The largest absolute Gasteiger partial charge is 0.545 e. The molecule has 1 heterocycles. The average Bonchev–Trinajstić information content (AvgIpc) is 2.55. The lowest BCUT2D eigenvalue weighted by molar-refractivity contribution is -0.255. The second-order valence-electron chi connectivity index (χ2n) is 4.96. The van der Waals surface area contributed by atoms with Gasteiger partial charge in [-0.15, -0.1) is 0 Å². The summed E-state index contributed by atoms with van der Waals surface area (Å²) >= 11 is 0. The van der Waals surface area contributed by atoms with Crippen LogP contribution in [0.4, 0.5) is 0 Å². The third-order valence-electron chi connectivity index (χ3n) is 3.42. The average molecular weight is 322 g/mol. The van der Waals surface area contributed by atoms with E-state index in [1.807, 2.05) is 0 Å². The number of aromatic carboxylic acids is 1. The van der Waals surface area contributed by atoms with Crippen molar-refractivity contribution in [1.82, 2.24) is 4.90 Å². The fourth-order valence-electron chi connectivity index (χ4n) is 2.22. The summed E-state index contributed by atoms with van der Waals surface area (Å²) in [5.74, 6) is -1.74. The number of carboxylic acid groups (broad SMARTS) is 1. The van der Waals surface area contributed by atoms with Crippen LogP contribution in [-0.4, -0.2) is 69.5 Å². The molecule has 1 aromatic carbocycles. The van der Waals surface area contributed by atoms with Crippen molar-refractivity contribution in [3.05, 3.63) is 35.4 Å². The molecule has 1 aliphatic rings. The molecule has 0 bridgehead atoms. The zero-order chi connectivity index (χ0) is 16.5. The van der Waals surface area contributed by atoms with Gasteiger partial charge in [0.25, 0.3) is 5.91 Å². The minimum atomic E-state index is -1.37. The zero-order valence-electron chi connectivity index (χ0n) is 12.9. The molecule has 1 aromatic rings. The molecule has 0 radical (unpaired) electrons. The van der Waals surface area contributed by atoms with E-state index in [-0.39, 0.29) is 17.0 Å². The third kappa shape index (κ3) is 5.31. The van der Waals surface area contributed by atoms with Crippen molar-refractivity contribution in [2.45, 2.75) is 0 Å². The van der Waals surface area contributed by atoms with Crippen LogP contribution in [0.25, 0.3) is 0 Å². The summed E-state index contributed by atoms with van der Waals surface area (Å²) in [7, 11) is 0. The molecule has 7 nitrogen and oxygen atoms in total. The highest BCUT2D eigenvalue weighted by Crippen LogP contribution is 2.11. The first-order valence-electron chi connectivity index (χ1n) is 7.53. The smallest absolute Gasteiger partial charge is 0.254 e. The third-order valence-corrected chi connectivity index (χ3v) is 3.42. The number of hydrogen-bond donors (Lipinski definition) is 0. The van der Waals surface area contributed by atoms with Crippen LogP contribution in [0.3, 0.4) is 0 Å². The van der Waals surface area contributed by atoms with Gasteiger partial charge in [0.05, 0.1) is 45.6 Å². The van der Waals surface area contributed by atoms with E-state index in [9.17, 15) is 14.7 Å². The van der Waals surface area contributed by atoms with Crippen molar-refractivity contribution < 1.29 is 28.9 Å².